The minimum atomic E-state index is 0. The van der Waals surface area contributed by atoms with Crippen molar-refractivity contribution in [2.45, 2.75) is 0 Å². The molecular weight excluding hydrogens is 110 g/mol. The van der Waals surface area contributed by atoms with E-state index in [1.807, 2.05) is 0 Å². The zero-order chi connectivity index (χ0) is 3.54. The molecule has 1 rings (SSSR count). The second kappa shape index (κ2) is 3.40. The molecule has 0 bridgehead atoms. The number of rotatable bonds is 0. The van der Waals surface area contributed by atoms with E-state index in [1.54, 1.807) is 0 Å². The maximum Gasteiger partial charge on any atom is 0 e. The van der Waals surface area contributed by atoms with E-state index in [4.69, 9.17) is 0 Å². The lowest BCUT2D eigenvalue weighted by atomic mass is 10.7. The van der Waals surface area contributed by atoms with Crippen LogP contribution in [-0.2, 0) is 0 Å². The van der Waals surface area contributed by atoms with Gasteiger partial charge in [-0.3, -0.25) is 0 Å². The van der Waals surface area contributed by atoms with Crippen molar-refractivity contribution in [3.8, 4) is 0 Å². The van der Waals surface area contributed by atoms with Gasteiger partial charge in [-0.25, -0.2) is 0 Å². The molecule has 0 nitrogen and oxygen atoms in total. The lowest BCUT2D eigenvalue weighted by molar-refractivity contribution is 2.03. The van der Waals surface area contributed by atoms with E-state index >= 15 is 0 Å². The summed E-state index contributed by atoms with van der Waals surface area (Å²) in [6, 6.07) is 4.14. The molecule has 0 atom stereocenters. The predicted octanol–water partition coefficient (Wildman–Crippen LogP) is 2.58. The van der Waals surface area contributed by atoms with Crippen molar-refractivity contribution in [3.63, 3.8) is 0 Å². The van der Waals surface area contributed by atoms with Crippen LogP contribution in [0.15, 0.2) is 23.7 Å². The second-order valence-electron chi connectivity index (χ2n) is 0.885. The molecule has 0 amide bonds. The monoisotopic (exact) mass is 115 g/mol. The smallest absolute Gasteiger partial charge is 0 e. The third kappa shape index (κ3) is 1.60. The van der Waals surface area contributed by atoms with Gasteiger partial charge in [-0.05, 0) is 11.6 Å². The van der Waals surface area contributed by atoms with Gasteiger partial charge in [0.15, 0.2) is 0 Å². The Balaban J connectivity index is 0.000000250. The third-order valence-corrected chi connectivity index (χ3v) is 1.27. The molecule has 0 spiro atoms. The molecule has 0 aliphatic heterocycles. The molecule has 1 aromatic rings. The fraction of sp³-hybridized carbons (Fsp3) is 0. The quantitative estimate of drug-likeness (QED) is 0.456. The summed E-state index contributed by atoms with van der Waals surface area (Å²) in [4.78, 5) is 0. The summed E-state index contributed by atoms with van der Waals surface area (Å²) in [5.41, 5.74) is 0. The van der Waals surface area contributed by atoms with Crippen LogP contribution < -0.4 is 0 Å². The van der Waals surface area contributed by atoms with E-state index in [9.17, 15) is 0 Å². The minimum absolute atomic E-state index is 0. The van der Waals surface area contributed by atoms with Gasteiger partial charge in [0, 0.05) is 9.90 Å². The van der Waals surface area contributed by atoms with E-state index in [1.165, 1.54) is 0 Å². The molecule has 0 aromatic carbocycles. The van der Waals surface area contributed by atoms with Crippen LogP contribution in [0.5, 0.6) is 0 Å². The summed E-state index contributed by atoms with van der Waals surface area (Å²) in [6.07, 6.45) is 0. The highest BCUT2D eigenvalue weighted by Crippen LogP contribution is 1.99. The Morgan fingerprint density at radius 1 is 1.00 bits per heavy atom. The fourth-order valence-electron chi connectivity index (χ4n) is 0.278. The molecule has 3 radical (unpaired) electrons. The summed E-state index contributed by atoms with van der Waals surface area (Å²) in [7, 11) is 0.948. The van der Waals surface area contributed by atoms with Crippen molar-refractivity contribution >= 4 is 18.1 Å². The van der Waals surface area contributed by atoms with Crippen LogP contribution in [0.1, 0.15) is 0 Å². The summed E-state index contributed by atoms with van der Waals surface area (Å²) in [6.45, 7) is 0. The van der Waals surface area contributed by atoms with Crippen molar-refractivity contribution < 1.29 is 0 Å². The molecule has 2 heteroatoms. The molecule has 0 aliphatic rings. The van der Waals surface area contributed by atoms with Crippen molar-refractivity contribution in [1.82, 2.24) is 0 Å². The van der Waals surface area contributed by atoms with Gasteiger partial charge in [0.1, 0.15) is 0 Å². The maximum atomic E-state index is 2.15. The molecule has 31 valence electrons. The van der Waals surface area contributed by atoms with Gasteiger partial charge in [0.25, 0.3) is 0 Å². The molecule has 0 N–H and O–H groups in total. The van der Waals surface area contributed by atoms with Crippen LogP contribution in [0.25, 0.3) is 0 Å². The SMILES string of the molecule is [P].c1cc[pH]c1. The van der Waals surface area contributed by atoms with Gasteiger partial charge in [-0.15, -0.1) is 8.19 Å². The van der Waals surface area contributed by atoms with Crippen LogP contribution in [-0.4, -0.2) is 0 Å². The molecule has 6 heavy (non-hydrogen) atoms. The maximum absolute atomic E-state index is 2.15. The first-order valence-corrected chi connectivity index (χ1v) is 2.73. The average molecular weight is 115 g/mol. The van der Waals surface area contributed by atoms with Gasteiger partial charge in [0.2, 0.25) is 0 Å². The highest BCUT2D eigenvalue weighted by molar-refractivity contribution is 7.28. The van der Waals surface area contributed by atoms with Crippen molar-refractivity contribution in [2.24, 2.45) is 0 Å². The number of hydrogen-bond donors (Lipinski definition) is 0. The zero-order valence-corrected chi connectivity index (χ0v) is 5.15. The van der Waals surface area contributed by atoms with Crippen LogP contribution in [0, 0.1) is 0 Å². The summed E-state index contributed by atoms with van der Waals surface area (Å²) >= 11 is 0. The largest absolute Gasteiger partial charge is 0.140 e. The topological polar surface area (TPSA) is 0 Å². The Kier molecular flexibility index (Phi) is 3.52. The minimum Gasteiger partial charge on any atom is -0.140 e. The summed E-state index contributed by atoms with van der Waals surface area (Å²) in [5.74, 6) is 4.31. The van der Waals surface area contributed by atoms with E-state index in [0.717, 1.165) is 8.19 Å². The fourth-order valence-corrected chi connectivity index (χ4v) is 0.833. The summed E-state index contributed by atoms with van der Waals surface area (Å²) in [5, 5.41) is 0. The number of hydrogen-bond acceptors (Lipinski definition) is 0. The molecule has 0 fully saturated rings. The highest BCUT2D eigenvalue weighted by atomic mass is 31.0. The first kappa shape index (κ1) is 6.21. The van der Waals surface area contributed by atoms with Crippen LogP contribution in [0.3, 0.4) is 0 Å². The second-order valence-corrected chi connectivity index (χ2v) is 1.88. The Morgan fingerprint density at radius 2 is 1.50 bits per heavy atom. The Labute approximate surface area is 42.7 Å². The van der Waals surface area contributed by atoms with Crippen LogP contribution in [0.4, 0.5) is 0 Å². The predicted molar refractivity (Wildman–Crippen MR) is 32.9 cm³/mol. The molecule has 1 aromatic heterocycles. The standard InChI is InChI=1S/C4H5P.P/c1-2-4-5-3-1;/h1-5H;. The van der Waals surface area contributed by atoms with Gasteiger partial charge >= 0.3 is 0 Å². The summed E-state index contributed by atoms with van der Waals surface area (Å²) < 4.78 is 0. The van der Waals surface area contributed by atoms with E-state index in [-0.39, 0.29) is 9.90 Å². The van der Waals surface area contributed by atoms with E-state index in [0.29, 0.717) is 0 Å². The van der Waals surface area contributed by atoms with Crippen LogP contribution >= 0.6 is 18.1 Å². The lowest BCUT2D eigenvalue weighted by Crippen LogP contribution is -1.16. The van der Waals surface area contributed by atoms with Crippen LogP contribution in [0.2, 0.25) is 0 Å². The Morgan fingerprint density at radius 3 is 1.67 bits per heavy atom. The molecular formula is C4H5P2. The zero-order valence-electron chi connectivity index (χ0n) is 3.26. The normalized spacial score (nSPS) is 6.67. The molecule has 0 saturated carbocycles. The third-order valence-electron chi connectivity index (χ3n) is 0.496. The van der Waals surface area contributed by atoms with E-state index < -0.39 is 0 Å². The Hall–Kier alpha value is 0.210. The van der Waals surface area contributed by atoms with Gasteiger partial charge < -0.3 is 0 Å². The van der Waals surface area contributed by atoms with Crippen molar-refractivity contribution in [3.05, 3.63) is 23.7 Å². The van der Waals surface area contributed by atoms with Crippen molar-refractivity contribution in [1.29, 1.82) is 0 Å². The van der Waals surface area contributed by atoms with Gasteiger partial charge in [0.05, 0.1) is 0 Å². The Bertz CT molecular complexity index is 62.0. The molecule has 0 unspecified atom stereocenters. The van der Waals surface area contributed by atoms with Gasteiger partial charge in [-0.1, -0.05) is 12.1 Å². The van der Waals surface area contributed by atoms with E-state index in [2.05, 4.69) is 23.7 Å². The first-order chi connectivity index (χ1) is 2.50. The average Bonchev–Trinajstić information content (AvgIpc) is 1.76. The molecule has 1 heterocycles. The molecule has 0 saturated heterocycles. The first-order valence-electron chi connectivity index (χ1n) is 1.58. The lowest BCUT2D eigenvalue weighted by Gasteiger charge is -1.41. The molecule has 0 aliphatic carbocycles. The highest BCUT2D eigenvalue weighted by Gasteiger charge is 1.57. The van der Waals surface area contributed by atoms with Gasteiger partial charge in [-0.2, -0.15) is 0 Å². The van der Waals surface area contributed by atoms with Crippen molar-refractivity contribution in [2.75, 3.05) is 0 Å².